The minimum atomic E-state index is 0.390. The minimum Gasteiger partial charge on any atom is -0.366 e. The summed E-state index contributed by atoms with van der Waals surface area (Å²) in [6.07, 6.45) is 4.28. The van der Waals surface area contributed by atoms with Crippen molar-refractivity contribution in [3.05, 3.63) is 12.7 Å². The van der Waals surface area contributed by atoms with Crippen LogP contribution in [0.15, 0.2) is 12.7 Å². The Bertz CT molecular complexity index is 462. The van der Waals surface area contributed by atoms with Crippen LogP contribution in [0.1, 0.15) is 27.2 Å². The Hall–Kier alpha value is -1.65. The second kappa shape index (κ2) is 4.47. The largest absolute Gasteiger partial charge is 0.366 e. The van der Waals surface area contributed by atoms with Crippen molar-refractivity contribution in [3.63, 3.8) is 0 Å². The zero-order valence-electron chi connectivity index (χ0n) is 9.86. The van der Waals surface area contributed by atoms with E-state index in [1.165, 1.54) is 6.33 Å². The van der Waals surface area contributed by atoms with E-state index < -0.39 is 0 Å². The molecule has 0 bridgehead atoms. The van der Waals surface area contributed by atoms with E-state index in [9.17, 15) is 0 Å². The van der Waals surface area contributed by atoms with Gasteiger partial charge in [0, 0.05) is 6.04 Å². The fourth-order valence-electron chi connectivity index (χ4n) is 1.87. The van der Waals surface area contributed by atoms with E-state index >= 15 is 0 Å². The molecule has 5 nitrogen and oxygen atoms in total. The van der Waals surface area contributed by atoms with Gasteiger partial charge >= 0.3 is 0 Å². The number of fused-ring (bicyclic) bond motifs is 1. The van der Waals surface area contributed by atoms with Crippen molar-refractivity contribution in [2.45, 2.75) is 33.2 Å². The molecule has 2 N–H and O–H groups in total. The second-order valence-corrected chi connectivity index (χ2v) is 4.50. The SMILES string of the molecule is CC(C)C[C@@H](C)Nc1ncnc2nc[nH]c12. The summed E-state index contributed by atoms with van der Waals surface area (Å²) in [4.78, 5) is 15.5. The van der Waals surface area contributed by atoms with Crippen LogP contribution in [0.5, 0.6) is 0 Å². The van der Waals surface area contributed by atoms with Crippen molar-refractivity contribution in [2.24, 2.45) is 5.92 Å². The zero-order valence-corrected chi connectivity index (χ0v) is 9.86. The number of nitrogens with zero attached hydrogens (tertiary/aromatic N) is 3. The topological polar surface area (TPSA) is 66.5 Å². The molecule has 0 fully saturated rings. The molecule has 0 radical (unpaired) electrons. The molecule has 0 aliphatic heterocycles. The summed E-state index contributed by atoms with van der Waals surface area (Å²) < 4.78 is 0. The van der Waals surface area contributed by atoms with E-state index in [0.717, 1.165) is 17.8 Å². The van der Waals surface area contributed by atoms with E-state index in [1.54, 1.807) is 6.33 Å². The van der Waals surface area contributed by atoms with Gasteiger partial charge in [-0.05, 0) is 19.3 Å². The van der Waals surface area contributed by atoms with Crippen LogP contribution >= 0.6 is 0 Å². The van der Waals surface area contributed by atoms with Crippen molar-refractivity contribution >= 4 is 17.0 Å². The monoisotopic (exact) mass is 219 g/mol. The minimum absolute atomic E-state index is 0.390. The summed E-state index contributed by atoms with van der Waals surface area (Å²) in [6, 6.07) is 0.390. The standard InChI is InChI=1S/C11H17N5/c1-7(2)4-8(3)16-11-9-10(13-5-12-9)14-6-15-11/h5-8H,4H2,1-3H3,(H2,12,13,14,15,16)/t8-/m1/s1. The van der Waals surface area contributed by atoms with Crippen LogP contribution in [-0.2, 0) is 0 Å². The van der Waals surface area contributed by atoms with Gasteiger partial charge in [0.1, 0.15) is 11.8 Å². The number of imidazole rings is 1. The van der Waals surface area contributed by atoms with Crippen LogP contribution in [0.4, 0.5) is 5.82 Å². The number of aromatic amines is 1. The smallest absolute Gasteiger partial charge is 0.182 e. The molecule has 0 unspecified atom stereocenters. The van der Waals surface area contributed by atoms with E-state index in [-0.39, 0.29) is 0 Å². The molecular formula is C11H17N5. The van der Waals surface area contributed by atoms with Gasteiger partial charge in [0.05, 0.1) is 6.33 Å². The molecular weight excluding hydrogens is 202 g/mol. The van der Waals surface area contributed by atoms with Gasteiger partial charge < -0.3 is 10.3 Å². The molecule has 1 atom stereocenters. The van der Waals surface area contributed by atoms with Gasteiger partial charge in [-0.15, -0.1) is 0 Å². The maximum Gasteiger partial charge on any atom is 0.182 e. The Balaban J connectivity index is 2.17. The van der Waals surface area contributed by atoms with Gasteiger partial charge in [0.2, 0.25) is 0 Å². The molecule has 2 aromatic rings. The number of anilines is 1. The molecule has 0 saturated heterocycles. The lowest BCUT2D eigenvalue weighted by Gasteiger charge is -2.16. The third kappa shape index (κ3) is 2.29. The molecule has 0 aromatic carbocycles. The molecule has 0 aliphatic rings. The average molecular weight is 219 g/mol. The van der Waals surface area contributed by atoms with E-state index in [4.69, 9.17) is 0 Å². The highest BCUT2D eigenvalue weighted by Gasteiger charge is 2.09. The number of rotatable bonds is 4. The molecule has 5 heteroatoms. The molecule has 86 valence electrons. The molecule has 2 aromatic heterocycles. The number of hydrogen-bond acceptors (Lipinski definition) is 4. The number of aromatic nitrogens is 4. The van der Waals surface area contributed by atoms with Gasteiger partial charge in [-0.1, -0.05) is 13.8 Å². The lowest BCUT2D eigenvalue weighted by atomic mass is 10.1. The summed E-state index contributed by atoms with van der Waals surface area (Å²) >= 11 is 0. The van der Waals surface area contributed by atoms with Crippen molar-refractivity contribution in [1.29, 1.82) is 0 Å². The van der Waals surface area contributed by atoms with Gasteiger partial charge in [0.25, 0.3) is 0 Å². The normalized spacial score (nSPS) is 13.2. The lowest BCUT2D eigenvalue weighted by Crippen LogP contribution is -2.18. The van der Waals surface area contributed by atoms with Crippen molar-refractivity contribution < 1.29 is 0 Å². The molecule has 0 amide bonds. The van der Waals surface area contributed by atoms with Crippen molar-refractivity contribution in [1.82, 2.24) is 19.9 Å². The summed E-state index contributed by atoms with van der Waals surface area (Å²) in [5.41, 5.74) is 1.58. The first-order valence-corrected chi connectivity index (χ1v) is 5.57. The van der Waals surface area contributed by atoms with Crippen molar-refractivity contribution in [2.75, 3.05) is 5.32 Å². The third-order valence-electron chi connectivity index (χ3n) is 2.43. The molecule has 0 aliphatic carbocycles. The predicted molar refractivity (Wildman–Crippen MR) is 64.2 cm³/mol. The first kappa shape index (κ1) is 10.9. The highest BCUT2D eigenvalue weighted by molar-refractivity contribution is 5.81. The second-order valence-electron chi connectivity index (χ2n) is 4.50. The lowest BCUT2D eigenvalue weighted by molar-refractivity contribution is 0.539. The fourth-order valence-corrected chi connectivity index (χ4v) is 1.87. The van der Waals surface area contributed by atoms with Crippen molar-refractivity contribution in [3.8, 4) is 0 Å². The fraction of sp³-hybridized carbons (Fsp3) is 0.545. The van der Waals surface area contributed by atoms with E-state index in [1.807, 2.05) is 0 Å². The van der Waals surface area contributed by atoms with E-state index in [2.05, 4.69) is 46.0 Å². The Morgan fingerprint density at radius 2 is 2.06 bits per heavy atom. The van der Waals surface area contributed by atoms with Gasteiger partial charge in [0.15, 0.2) is 11.5 Å². The third-order valence-corrected chi connectivity index (χ3v) is 2.43. The average Bonchev–Trinajstić information content (AvgIpc) is 2.65. The number of H-pyrrole nitrogens is 1. The van der Waals surface area contributed by atoms with Crippen LogP contribution in [-0.4, -0.2) is 26.0 Å². The maximum atomic E-state index is 4.23. The van der Waals surface area contributed by atoms with Crippen LogP contribution in [0, 0.1) is 5.92 Å². The molecule has 2 rings (SSSR count). The van der Waals surface area contributed by atoms with Gasteiger partial charge in [-0.25, -0.2) is 15.0 Å². The highest BCUT2D eigenvalue weighted by atomic mass is 15.1. The highest BCUT2D eigenvalue weighted by Crippen LogP contribution is 2.17. The van der Waals surface area contributed by atoms with Crippen LogP contribution in [0.25, 0.3) is 11.2 Å². The first-order chi connectivity index (χ1) is 7.66. The Labute approximate surface area is 94.7 Å². The predicted octanol–water partition coefficient (Wildman–Crippen LogP) is 2.20. The summed E-state index contributed by atoms with van der Waals surface area (Å²) in [5, 5.41) is 3.38. The molecule has 16 heavy (non-hydrogen) atoms. The number of hydrogen-bond donors (Lipinski definition) is 2. The Kier molecular flexibility index (Phi) is 3.03. The first-order valence-electron chi connectivity index (χ1n) is 5.57. The summed E-state index contributed by atoms with van der Waals surface area (Å²) in [5.74, 6) is 1.50. The van der Waals surface area contributed by atoms with Gasteiger partial charge in [-0.2, -0.15) is 0 Å². The summed E-state index contributed by atoms with van der Waals surface area (Å²) in [6.45, 7) is 6.58. The Morgan fingerprint density at radius 1 is 1.25 bits per heavy atom. The van der Waals surface area contributed by atoms with Crippen LogP contribution < -0.4 is 5.32 Å². The Morgan fingerprint density at radius 3 is 2.81 bits per heavy atom. The summed E-state index contributed by atoms with van der Waals surface area (Å²) in [7, 11) is 0. The van der Waals surface area contributed by atoms with Gasteiger partial charge in [-0.3, -0.25) is 0 Å². The van der Waals surface area contributed by atoms with Crippen LogP contribution in [0.3, 0.4) is 0 Å². The molecule has 2 heterocycles. The quantitative estimate of drug-likeness (QED) is 0.827. The van der Waals surface area contributed by atoms with Crippen LogP contribution in [0.2, 0.25) is 0 Å². The molecule has 0 spiro atoms. The molecule has 0 saturated carbocycles. The van der Waals surface area contributed by atoms with E-state index in [0.29, 0.717) is 17.6 Å². The zero-order chi connectivity index (χ0) is 11.5. The number of nitrogens with one attached hydrogen (secondary N) is 2. The maximum absolute atomic E-state index is 4.23.